The largest absolute Gasteiger partial charge is 0.463 e. The van der Waals surface area contributed by atoms with Crippen LogP contribution in [0, 0.1) is 0 Å². The zero-order valence-electron chi connectivity index (χ0n) is 10.6. The number of nitrogens with zero attached hydrogens (tertiary/aromatic N) is 2. The molecule has 2 saturated heterocycles. The van der Waals surface area contributed by atoms with Gasteiger partial charge in [-0.3, -0.25) is 14.6 Å². The third-order valence-electron chi connectivity index (χ3n) is 3.55. The van der Waals surface area contributed by atoms with Gasteiger partial charge in [0, 0.05) is 19.6 Å². The van der Waals surface area contributed by atoms with Crippen LogP contribution in [-0.4, -0.2) is 74.9 Å². The van der Waals surface area contributed by atoms with E-state index in [4.69, 9.17) is 9.47 Å². The van der Waals surface area contributed by atoms with E-state index in [1.807, 2.05) is 7.05 Å². The summed E-state index contributed by atoms with van der Waals surface area (Å²) in [4.78, 5) is 16.1. The van der Waals surface area contributed by atoms with Crippen LogP contribution in [0.4, 0.5) is 0 Å². The number of morpholine rings is 1. The minimum absolute atomic E-state index is 0.0142. The molecule has 0 spiro atoms. The minimum Gasteiger partial charge on any atom is -0.463 e. The van der Waals surface area contributed by atoms with Crippen molar-refractivity contribution >= 4 is 5.97 Å². The van der Waals surface area contributed by atoms with E-state index in [9.17, 15) is 4.79 Å². The summed E-state index contributed by atoms with van der Waals surface area (Å²) in [5.41, 5.74) is 0. The lowest BCUT2D eigenvalue weighted by atomic mass is 10.2. The van der Waals surface area contributed by atoms with Crippen molar-refractivity contribution in [1.82, 2.24) is 9.80 Å². The average molecular weight is 242 g/mol. The van der Waals surface area contributed by atoms with Crippen molar-refractivity contribution in [3.63, 3.8) is 0 Å². The Kier molecular flexibility index (Phi) is 4.76. The molecule has 2 fully saturated rings. The summed E-state index contributed by atoms with van der Waals surface area (Å²) >= 11 is 0. The number of carbonyl (C=O) groups excluding carboxylic acids is 1. The molecule has 0 aromatic carbocycles. The van der Waals surface area contributed by atoms with Crippen molar-refractivity contribution in [3.05, 3.63) is 0 Å². The average Bonchev–Trinajstić information content (AvgIpc) is 2.77. The van der Waals surface area contributed by atoms with Crippen LogP contribution in [0.3, 0.4) is 0 Å². The summed E-state index contributed by atoms with van der Waals surface area (Å²) in [6.45, 7) is 5.80. The summed E-state index contributed by atoms with van der Waals surface area (Å²) in [7, 11) is 1.99. The smallest absolute Gasteiger partial charge is 0.323 e. The highest BCUT2D eigenvalue weighted by Gasteiger charge is 2.28. The van der Waals surface area contributed by atoms with E-state index in [0.717, 1.165) is 52.2 Å². The molecule has 0 radical (unpaired) electrons. The molecular formula is C12H22N2O3. The van der Waals surface area contributed by atoms with E-state index in [-0.39, 0.29) is 12.0 Å². The lowest BCUT2D eigenvalue weighted by Crippen LogP contribution is -2.40. The summed E-state index contributed by atoms with van der Waals surface area (Å²) in [5.74, 6) is -0.0572. The van der Waals surface area contributed by atoms with Gasteiger partial charge in [-0.2, -0.15) is 0 Å². The Bertz CT molecular complexity index is 254. The van der Waals surface area contributed by atoms with Crippen LogP contribution in [0.1, 0.15) is 12.8 Å². The Labute approximate surface area is 103 Å². The fourth-order valence-corrected chi connectivity index (χ4v) is 2.40. The van der Waals surface area contributed by atoms with E-state index in [0.29, 0.717) is 6.61 Å². The Morgan fingerprint density at radius 2 is 2.12 bits per heavy atom. The molecule has 5 heteroatoms. The molecule has 5 nitrogen and oxygen atoms in total. The molecule has 2 aliphatic rings. The van der Waals surface area contributed by atoms with Crippen LogP contribution in [0.5, 0.6) is 0 Å². The summed E-state index contributed by atoms with van der Waals surface area (Å²) in [6.07, 6.45) is 2.03. The fourth-order valence-electron chi connectivity index (χ4n) is 2.40. The first-order valence-electron chi connectivity index (χ1n) is 6.44. The van der Waals surface area contributed by atoms with Crippen molar-refractivity contribution in [2.75, 3.05) is 53.0 Å². The van der Waals surface area contributed by atoms with Crippen LogP contribution in [0.25, 0.3) is 0 Å². The van der Waals surface area contributed by atoms with Gasteiger partial charge >= 0.3 is 5.97 Å². The molecule has 2 heterocycles. The van der Waals surface area contributed by atoms with Gasteiger partial charge in [0.25, 0.3) is 0 Å². The van der Waals surface area contributed by atoms with Crippen LogP contribution >= 0.6 is 0 Å². The molecule has 0 amide bonds. The van der Waals surface area contributed by atoms with Gasteiger partial charge in [-0.15, -0.1) is 0 Å². The monoisotopic (exact) mass is 242 g/mol. The quantitative estimate of drug-likeness (QED) is 0.647. The second kappa shape index (κ2) is 6.33. The third kappa shape index (κ3) is 3.66. The molecule has 0 saturated carbocycles. The van der Waals surface area contributed by atoms with Crippen molar-refractivity contribution in [1.29, 1.82) is 0 Å². The van der Waals surface area contributed by atoms with Gasteiger partial charge in [0.15, 0.2) is 0 Å². The summed E-state index contributed by atoms with van der Waals surface area (Å²) in [5, 5.41) is 0. The normalized spacial score (nSPS) is 27.2. The lowest BCUT2D eigenvalue weighted by molar-refractivity contribution is -0.149. The topological polar surface area (TPSA) is 42.0 Å². The van der Waals surface area contributed by atoms with Gasteiger partial charge in [-0.05, 0) is 26.4 Å². The van der Waals surface area contributed by atoms with Crippen molar-refractivity contribution < 1.29 is 14.3 Å². The predicted molar refractivity (Wildman–Crippen MR) is 63.9 cm³/mol. The highest BCUT2D eigenvalue weighted by atomic mass is 16.5. The van der Waals surface area contributed by atoms with Crippen LogP contribution in [-0.2, 0) is 14.3 Å². The molecule has 0 aromatic rings. The van der Waals surface area contributed by atoms with Gasteiger partial charge in [-0.25, -0.2) is 0 Å². The Hall–Kier alpha value is -0.650. The molecule has 0 aromatic heterocycles. The summed E-state index contributed by atoms with van der Waals surface area (Å²) in [6, 6.07) is -0.0142. The van der Waals surface area contributed by atoms with Crippen LogP contribution in [0.15, 0.2) is 0 Å². The molecule has 2 aliphatic heterocycles. The van der Waals surface area contributed by atoms with Crippen molar-refractivity contribution in [2.45, 2.75) is 18.9 Å². The van der Waals surface area contributed by atoms with E-state index in [1.54, 1.807) is 0 Å². The molecule has 0 unspecified atom stereocenters. The molecule has 0 bridgehead atoms. The maximum absolute atomic E-state index is 11.8. The molecule has 98 valence electrons. The lowest BCUT2D eigenvalue weighted by Gasteiger charge is -2.26. The fraction of sp³-hybridized carbons (Fsp3) is 0.917. The Morgan fingerprint density at radius 1 is 1.35 bits per heavy atom. The molecule has 1 atom stereocenters. The van der Waals surface area contributed by atoms with Gasteiger partial charge in [-0.1, -0.05) is 0 Å². The van der Waals surface area contributed by atoms with E-state index in [2.05, 4.69) is 9.80 Å². The highest BCUT2D eigenvalue weighted by molar-refractivity contribution is 5.76. The van der Waals surface area contributed by atoms with Gasteiger partial charge in [0.05, 0.1) is 13.2 Å². The summed E-state index contributed by atoms with van der Waals surface area (Å²) < 4.78 is 10.6. The molecule has 2 rings (SSSR count). The number of likely N-dealkylation sites (N-methyl/N-ethyl adjacent to an activating group) is 1. The number of likely N-dealkylation sites (tertiary alicyclic amines) is 1. The number of esters is 1. The van der Waals surface area contributed by atoms with Gasteiger partial charge in [0.1, 0.15) is 12.6 Å². The maximum atomic E-state index is 11.8. The molecule has 0 N–H and O–H groups in total. The molecular weight excluding hydrogens is 220 g/mol. The zero-order valence-corrected chi connectivity index (χ0v) is 10.6. The Balaban J connectivity index is 1.62. The number of carbonyl (C=O) groups is 1. The number of hydrogen-bond acceptors (Lipinski definition) is 5. The number of rotatable bonds is 4. The van der Waals surface area contributed by atoms with Crippen molar-refractivity contribution in [3.8, 4) is 0 Å². The third-order valence-corrected chi connectivity index (χ3v) is 3.55. The second-order valence-corrected chi connectivity index (χ2v) is 4.76. The predicted octanol–water partition coefficient (Wildman–Crippen LogP) is -0.0440. The zero-order chi connectivity index (χ0) is 12.1. The number of ether oxygens (including phenoxy) is 2. The highest BCUT2D eigenvalue weighted by Crippen LogP contribution is 2.15. The molecule has 17 heavy (non-hydrogen) atoms. The standard InChI is InChI=1S/C12H22N2O3/c1-13-4-2-3-11(13)12(15)17-10-7-14-5-8-16-9-6-14/h11H,2-10H2,1H3/t11-/m1/s1. The first kappa shape index (κ1) is 12.8. The SMILES string of the molecule is CN1CCC[C@@H]1C(=O)OCCN1CCOCC1. The van der Waals surface area contributed by atoms with E-state index >= 15 is 0 Å². The van der Waals surface area contributed by atoms with E-state index in [1.165, 1.54) is 0 Å². The number of hydrogen-bond donors (Lipinski definition) is 0. The maximum Gasteiger partial charge on any atom is 0.323 e. The van der Waals surface area contributed by atoms with Crippen molar-refractivity contribution in [2.24, 2.45) is 0 Å². The van der Waals surface area contributed by atoms with Crippen LogP contribution < -0.4 is 0 Å². The van der Waals surface area contributed by atoms with Gasteiger partial charge in [0.2, 0.25) is 0 Å². The van der Waals surface area contributed by atoms with Gasteiger partial charge < -0.3 is 9.47 Å². The van der Waals surface area contributed by atoms with Crippen LogP contribution in [0.2, 0.25) is 0 Å². The molecule has 0 aliphatic carbocycles. The first-order chi connectivity index (χ1) is 8.27. The van der Waals surface area contributed by atoms with E-state index < -0.39 is 0 Å². The minimum atomic E-state index is -0.0572. The second-order valence-electron chi connectivity index (χ2n) is 4.76. The first-order valence-corrected chi connectivity index (χ1v) is 6.44. The Morgan fingerprint density at radius 3 is 2.76 bits per heavy atom.